The Balaban J connectivity index is 0.00000272. The topological polar surface area (TPSA) is 69.6 Å². The van der Waals surface area contributed by atoms with E-state index in [4.69, 9.17) is 11.6 Å². The van der Waals surface area contributed by atoms with Crippen molar-refractivity contribution in [3.8, 4) is 11.1 Å². The van der Waals surface area contributed by atoms with E-state index in [0.717, 1.165) is 36.0 Å². The molecule has 1 aliphatic rings. The van der Waals surface area contributed by atoms with Gasteiger partial charge in [-0.05, 0) is 71.3 Å². The van der Waals surface area contributed by atoms with E-state index in [0.29, 0.717) is 17.1 Å². The monoisotopic (exact) mass is 457 g/mol. The molecule has 162 valence electrons. The van der Waals surface area contributed by atoms with Gasteiger partial charge in [-0.25, -0.2) is 4.79 Å². The molecule has 3 aromatic rings. The van der Waals surface area contributed by atoms with Crippen LogP contribution in [0.5, 0.6) is 0 Å². The second-order valence-corrected chi connectivity index (χ2v) is 8.22. The Bertz CT molecular complexity index is 1070. The molecule has 0 unspecified atom stereocenters. The second-order valence-electron chi connectivity index (χ2n) is 7.79. The highest BCUT2D eigenvalue weighted by molar-refractivity contribution is 6.30. The number of aryl methyl sites for hydroxylation is 1. The molecule has 0 saturated heterocycles. The number of hydrogen-bond acceptors (Lipinski definition) is 3. The third kappa shape index (κ3) is 5.66. The van der Waals surface area contributed by atoms with Gasteiger partial charge in [0.25, 0.3) is 0 Å². The van der Waals surface area contributed by atoms with Crippen molar-refractivity contribution in [2.75, 3.05) is 6.54 Å². The van der Waals surface area contributed by atoms with Crippen LogP contribution in [0, 0.1) is 0 Å². The van der Waals surface area contributed by atoms with Gasteiger partial charge >= 0.3 is 5.97 Å². The van der Waals surface area contributed by atoms with Crippen molar-refractivity contribution in [2.24, 2.45) is 0 Å². The summed E-state index contributed by atoms with van der Waals surface area (Å²) in [7, 11) is 0. The van der Waals surface area contributed by atoms with E-state index in [1.165, 1.54) is 11.1 Å². The number of benzene rings is 3. The molecular formula is C25H25Cl2NO3. The van der Waals surface area contributed by atoms with Crippen LogP contribution in [0.25, 0.3) is 11.1 Å². The van der Waals surface area contributed by atoms with Gasteiger partial charge in [-0.15, -0.1) is 12.4 Å². The molecule has 0 fully saturated rings. The van der Waals surface area contributed by atoms with E-state index in [9.17, 15) is 15.0 Å². The summed E-state index contributed by atoms with van der Waals surface area (Å²) < 4.78 is 0. The Morgan fingerprint density at radius 1 is 1.03 bits per heavy atom. The van der Waals surface area contributed by atoms with Crippen molar-refractivity contribution in [1.29, 1.82) is 0 Å². The number of hydrogen-bond donors (Lipinski definition) is 3. The molecule has 0 spiro atoms. The van der Waals surface area contributed by atoms with Gasteiger partial charge in [-0.2, -0.15) is 0 Å². The van der Waals surface area contributed by atoms with Crippen molar-refractivity contribution in [3.63, 3.8) is 0 Å². The molecule has 4 nitrogen and oxygen atoms in total. The summed E-state index contributed by atoms with van der Waals surface area (Å²) in [6.45, 7) is 0.473. The highest BCUT2D eigenvalue weighted by Crippen LogP contribution is 2.28. The van der Waals surface area contributed by atoms with E-state index in [1.54, 1.807) is 30.3 Å². The first-order valence-electron chi connectivity index (χ1n) is 10.1. The molecule has 0 bridgehead atoms. The first-order chi connectivity index (χ1) is 14.5. The quantitative estimate of drug-likeness (QED) is 0.469. The molecule has 3 aromatic carbocycles. The van der Waals surface area contributed by atoms with Gasteiger partial charge in [0.05, 0.1) is 11.7 Å². The molecule has 0 aromatic heterocycles. The summed E-state index contributed by atoms with van der Waals surface area (Å²) in [5.41, 5.74) is 5.64. The molecule has 0 saturated carbocycles. The number of fused-ring (bicyclic) bond motifs is 1. The van der Waals surface area contributed by atoms with Crippen LogP contribution < -0.4 is 5.32 Å². The molecular weight excluding hydrogens is 433 g/mol. The number of carbonyl (C=O) groups is 1. The summed E-state index contributed by atoms with van der Waals surface area (Å²) in [6, 6.07) is 21.0. The zero-order valence-electron chi connectivity index (χ0n) is 16.9. The Morgan fingerprint density at radius 3 is 2.58 bits per heavy atom. The van der Waals surface area contributed by atoms with Gasteiger partial charge in [0.2, 0.25) is 0 Å². The largest absolute Gasteiger partial charge is 0.478 e. The van der Waals surface area contributed by atoms with E-state index in [1.807, 2.05) is 18.2 Å². The fourth-order valence-corrected chi connectivity index (χ4v) is 4.25. The first-order valence-corrected chi connectivity index (χ1v) is 10.5. The minimum absolute atomic E-state index is 0. The zero-order chi connectivity index (χ0) is 21.1. The van der Waals surface area contributed by atoms with Gasteiger partial charge in [-0.1, -0.05) is 54.1 Å². The standard InChI is InChI=1S/C25H24ClNO3.ClH/c26-22-6-2-4-19(13-22)24(28)15-27-23-10-9-16-7-8-18(12-21(16)14-23)17-3-1-5-20(11-17)25(29)30;/h1-8,11-13,23-24,27-28H,9-10,14-15H2,(H,29,30);1H/t23-,24-;/m0./s1. The third-order valence-electron chi connectivity index (χ3n) is 5.71. The predicted octanol–water partition coefficient (Wildman–Crippen LogP) is 5.31. The molecule has 6 heteroatoms. The number of nitrogens with one attached hydrogen (secondary N) is 1. The number of carboxylic acids is 1. The minimum atomic E-state index is -0.919. The van der Waals surface area contributed by atoms with Crippen LogP contribution >= 0.6 is 24.0 Å². The fraction of sp³-hybridized carbons (Fsp3) is 0.240. The van der Waals surface area contributed by atoms with Crippen LogP contribution in [0.4, 0.5) is 0 Å². The van der Waals surface area contributed by atoms with Crippen LogP contribution in [-0.2, 0) is 12.8 Å². The summed E-state index contributed by atoms with van der Waals surface area (Å²) >= 11 is 6.02. The molecule has 3 N–H and O–H groups in total. The number of aromatic carboxylic acids is 1. The number of carboxylic acid groups (broad SMARTS) is 1. The molecule has 0 aliphatic heterocycles. The van der Waals surface area contributed by atoms with Crippen molar-refractivity contribution in [2.45, 2.75) is 31.4 Å². The van der Waals surface area contributed by atoms with Crippen molar-refractivity contribution < 1.29 is 15.0 Å². The van der Waals surface area contributed by atoms with E-state index in [2.05, 4.69) is 23.5 Å². The molecule has 0 radical (unpaired) electrons. The van der Waals surface area contributed by atoms with Crippen molar-refractivity contribution in [3.05, 3.63) is 94.0 Å². The second kappa shape index (κ2) is 10.3. The minimum Gasteiger partial charge on any atom is -0.478 e. The van der Waals surface area contributed by atoms with Gasteiger partial charge < -0.3 is 15.5 Å². The predicted molar refractivity (Wildman–Crippen MR) is 126 cm³/mol. The SMILES string of the molecule is Cl.O=C(O)c1cccc(-c2ccc3c(c2)C[C@@H](NC[C@H](O)c2cccc(Cl)c2)CC3)c1. The van der Waals surface area contributed by atoms with Crippen LogP contribution in [0.15, 0.2) is 66.7 Å². The molecule has 1 aliphatic carbocycles. The van der Waals surface area contributed by atoms with E-state index in [-0.39, 0.29) is 18.4 Å². The fourth-order valence-electron chi connectivity index (χ4n) is 4.05. The molecule has 0 heterocycles. The van der Waals surface area contributed by atoms with E-state index < -0.39 is 12.1 Å². The Kier molecular flexibility index (Phi) is 7.74. The lowest BCUT2D eigenvalue weighted by Gasteiger charge is -2.27. The van der Waals surface area contributed by atoms with Gasteiger partial charge in [0, 0.05) is 17.6 Å². The number of aliphatic hydroxyl groups is 1. The molecule has 2 atom stereocenters. The molecule has 4 rings (SSSR count). The third-order valence-corrected chi connectivity index (χ3v) is 5.95. The number of aliphatic hydroxyl groups excluding tert-OH is 1. The van der Waals surface area contributed by atoms with Crippen LogP contribution in [0.1, 0.15) is 39.6 Å². The summed E-state index contributed by atoms with van der Waals surface area (Å²) in [4.78, 5) is 11.3. The highest BCUT2D eigenvalue weighted by Gasteiger charge is 2.20. The number of rotatable bonds is 6. The van der Waals surface area contributed by atoms with Crippen LogP contribution in [0.2, 0.25) is 5.02 Å². The lowest BCUT2D eigenvalue weighted by Crippen LogP contribution is -2.37. The van der Waals surface area contributed by atoms with E-state index >= 15 is 0 Å². The number of halogens is 2. The van der Waals surface area contributed by atoms with Crippen LogP contribution in [-0.4, -0.2) is 28.8 Å². The lowest BCUT2D eigenvalue weighted by atomic mass is 9.86. The smallest absolute Gasteiger partial charge is 0.335 e. The average molecular weight is 458 g/mol. The Morgan fingerprint density at radius 2 is 1.81 bits per heavy atom. The molecule has 31 heavy (non-hydrogen) atoms. The van der Waals surface area contributed by atoms with Gasteiger partial charge in [-0.3, -0.25) is 0 Å². The van der Waals surface area contributed by atoms with Gasteiger partial charge in [0.1, 0.15) is 0 Å². The van der Waals surface area contributed by atoms with Crippen LogP contribution in [0.3, 0.4) is 0 Å². The molecule has 0 amide bonds. The summed E-state index contributed by atoms with van der Waals surface area (Å²) in [6.07, 6.45) is 2.28. The maximum Gasteiger partial charge on any atom is 0.335 e. The maximum atomic E-state index is 11.3. The zero-order valence-corrected chi connectivity index (χ0v) is 18.5. The maximum absolute atomic E-state index is 11.3. The summed E-state index contributed by atoms with van der Waals surface area (Å²) in [5, 5.41) is 23.8. The first kappa shape index (κ1) is 23.3. The Hall–Kier alpha value is -2.37. The highest BCUT2D eigenvalue weighted by atomic mass is 35.5. The normalized spacial score (nSPS) is 16.1. The van der Waals surface area contributed by atoms with Crippen molar-refractivity contribution in [1.82, 2.24) is 5.32 Å². The summed E-state index contributed by atoms with van der Waals surface area (Å²) in [5.74, 6) is -0.919. The Labute approximate surface area is 193 Å². The van der Waals surface area contributed by atoms with Gasteiger partial charge in [0.15, 0.2) is 0 Å². The van der Waals surface area contributed by atoms with Crippen molar-refractivity contribution >= 4 is 30.0 Å². The lowest BCUT2D eigenvalue weighted by molar-refractivity contribution is 0.0697. The average Bonchev–Trinajstić information content (AvgIpc) is 2.77.